The van der Waals surface area contributed by atoms with E-state index in [0.29, 0.717) is 22.8 Å². The molecule has 3 heteroatoms. The molecule has 0 aromatic carbocycles. The molecule has 23 heavy (non-hydrogen) atoms. The number of hydrogen-bond acceptors (Lipinski definition) is 2. The Morgan fingerprint density at radius 2 is 2.00 bits per heavy atom. The molecule has 0 radical (unpaired) electrons. The minimum Gasteiger partial charge on any atom is -0.393 e. The SMILES string of the molecule is CC1CC[C@H]2[C@@H]3CCC4=C(Cl)C(=O)C=C[C@]4(C)[C@H]3C(O)C[C@]12C. The topological polar surface area (TPSA) is 37.3 Å². The molecular weight excluding hydrogens is 308 g/mol. The molecule has 2 nitrogen and oxygen atoms in total. The molecule has 1 N–H and O–H groups in total. The Morgan fingerprint density at radius 3 is 2.74 bits per heavy atom. The van der Waals surface area contributed by atoms with E-state index in [-0.39, 0.29) is 28.6 Å². The number of hydrogen-bond donors (Lipinski definition) is 1. The van der Waals surface area contributed by atoms with E-state index >= 15 is 0 Å². The number of aliphatic hydroxyl groups is 1. The predicted octanol–water partition coefficient (Wildman–Crippen LogP) is 4.47. The van der Waals surface area contributed by atoms with Crippen molar-refractivity contribution in [1.29, 1.82) is 0 Å². The Morgan fingerprint density at radius 1 is 1.26 bits per heavy atom. The van der Waals surface area contributed by atoms with Crippen molar-refractivity contribution in [2.45, 2.75) is 59.0 Å². The van der Waals surface area contributed by atoms with E-state index in [2.05, 4.69) is 20.8 Å². The summed E-state index contributed by atoms with van der Waals surface area (Å²) in [4.78, 5) is 12.0. The van der Waals surface area contributed by atoms with Gasteiger partial charge in [0, 0.05) is 11.3 Å². The summed E-state index contributed by atoms with van der Waals surface area (Å²) in [6.07, 6.45) is 8.80. The summed E-state index contributed by atoms with van der Waals surface area (Å²) < 4.78 is 0. The van der Waals surface area contributed by atoms with Crippen LogP contribution in [0.4, 0.5) is 0 Å². The van der Waals surface area contributed by atoms with Gasteiger partial charge in [-0.2, -0.15) is 0 Å². The van der Waals surface area contributed by atoms with Crippen molar-refractivity contribution in [3.8, 4) is 0 Å². The molecule has 0 heterocycles. The molecule has 3 fully saturated rings. The number of ketones is 1. The zero-order chi connectivity index (χ0) is 16.6. The molecule has 0 aliphatic heterocycles. The van der Waals surface area contributed by atoms with Gasteiger partial charge in [0.25, 0.3) is 0 Å². The van der Waals surface area contributed by atoms with Crippen LogP contribution in [-0.4, -0.2) is 17.0 Å². The fraction of sp³-hybridized carbons (Fsp3) is 0.750. The lowest BCUT2D eigenvalue weighted by Gasteiger charge is -2.58. The first kappa shape index (κ1) is 15.9. The normalized spacial score (nSPS) is 52.2. The van der Waals surface area contributed by atoms with Crippen LogP contribution in [0.5, 0.6) is 0 Å². The van der Waals surface area contributed by atoms with Gasteiger partial charge in [-0.05, 0) is 66.9 Å². The Balaban J connectivity index is 1.78. The number of carbonyl (C=O) groups excluding carboxylic acids is 1. The quantitative estimate of drug-likeness (QED) is 0.709. The molecule has 4 aliphatic carbocycles. The maximum Gasteiger partial charge on any atom is 0.196 e. The number of carbonyl (C=O) groups is 1. The van der Waals surface area contributed by atoms with Gasteiger partial charge in [0.2, 0.25) is 0 Å². The highest BCUT2D eigenvalue weighted by Gasteiger charge is 2.61. The van der Waals surface area contributed by atoms with Crippen molar-refractivity contribution in [3.05, 3.63) is 22.8 Å². The number of fused-ring (bicyclic) bond motifs is 5. The van der Waals surface area contributed by atoms with Crippen molar-refractivity contribution < 1.29 is 9.90 Å². The van der Waals surface area contributed by atoms with E-state index in [1.807, 2.05) is 6.08 Å². The second kappa shape index (κ2) is 4.95. The third kappa shape index (κ3) is 1.94. The Labute approximate surface area is 144 Å². The van der Waals surface area contributed by atoms with E-state index < -0.39 is 0 Å². The van der Waals surface area contributed by atoms with Gasteiger partial charge >= 0.3 is 0 Å². The zero-order valence-corrected chi connectivity index (χ0v) is 15.1. The molecule has 2 unspecified atom stereocenters. The van der Waals surface area contributed by atoms with Crippen LogP contribution in [0.3, 0.4) is 0 Å². The van der Waals surface area contributed by atoms with Crippen LogP contribution in [0.15, 0.2) is 22.8 Å². The van der Waals surface area contributed by atoms with Crippen LogP contribution in [-0.2, 0) is 4.79 Å². The van der Waals surface area contributed by atoms with E-state index in [1.54, 1.807) is 6.08 Å². The molecule has 0 spiro atoms. The molecular formula is C20H27ClO2. The summed E-state index contributed by atoms with van der Waals surface area (Å²) in [6, 6.07) is 0. The molecule has 0 amide bonds. The minimum absolute atomic E-state index is 0.0674. The second-order valence-corrected chi connectivity index (χ2v) is 9.24. The molecule has 0 saturated heterocycles. The Bertz CT molecular complexity index is 621. The first-order valence-corrected chi connectivity index (χ1v) is 9.47. The van der Waals surface area contributed by atoms with E-state index in [0.717, 1.165) is 24.8 Å². The van der Waals surface area contributed by atoms with Gasteiger partial charge in [0.05, 0.1) is 11.1 Å². The van der Waals surface area contributed by atoms with Gasteiger partial charge < -0.3 is 5.11 Å². The highest BCUT2D eigenvalue weighted by molar-refractivity contribution is 6.45. The van der Waals surface area contributed by atoms with Gasteiger partial charge in [-0.25, -0.2) is 0 Å². The van der Waals surface area contributed by atoms with Crippen molar-refractivity contribution >= 4 is 17.4 Å². The van der Waals surface area contributed by atoms with Crippen LogP contribution < -0.4 is 0 Å². The lowest BCUT2D eigenvalue weighted by molar-refractivity contribution is -0.117. The standard InChI is InChI=1S/C20H27ClO2/c1-11-4-6-13-12-5-7-14-18(21)15(22)8-9-19(14,2)17(12)16(23)10-20(11,13)3/h8-9,11-13,16-17,23H,4-7,10H2,1-3H3/t11?,12-,13-,16?,17+,19-,20+/m0/s1. The summed E-state index contributed by atoms with van der Waals surface area (Å²) in [7, 11) is 0. The average molecular weight is 335 g/mol. The fourth-order valence-corrected chi connectivity index (χ4v) is 7.02. The summed E-state index contributed by atoms with van der Waals surface area (Å²) in [6.45, 7) is 6.95. The van der Waals surface area contributed by atoms with Crippen LogP contribution >= 0.6 is 11.6 Å². The molecule has 4 rings (SSSR count). The molecule has 3 saturated carbocycles. The first-order chi connectivity index (χ1) is 10.8. The van der Waals surface area contributed by atoms with Crippen molar-refractivity contribution in [2.24, 2.45) is 34.5 Å². The predicted molar refractivity (Wildman–Crippen MR) is 92.0 cm³/mol. The highest BCUT2D eigenvalue weighted by atomic mass is 35.5. The number of aliphatic hydroxyl groups excluding tert-OH is 1. The second-order valence-electron chi connectivity index (χ2n) is 8.86. The lowest BCUT2D eigenvalue weighted by atomic mass is 9.47. The molecule has 0 aromatic rings. The number of halogens is 1. The van der Waals surface area contributed by atoms with Crippen LogP contribution in [0.1, 0.15) is 52.9 Å². The van der Waals surface area contributed by atoms with Crippen molar-refractivity contribution in [2.75, 3.05) is 0 Å². The minimum atomic E-state index is -0.301. The third-order valence-corrected chi connectivity index (χ3v) is 8.47. The van der Waals surface area contributed by atoms with Gasteiger partial charge in [-0.3, -0.25) is 4.79 Å². The first-order valence-electron chi connectivity index (χ1n) is 9.10. The summed E-state index contributed by atoms with van der Waals surface area (Å²) in [5.74, 6) is 2.08. The monoisotopic (exact) mass is 334 g/mol. The fourth-order valence-electron chi connectivity index (χ4n) is 6.66. The molecule has 7 atom stereocenters. The van der Waals surface area contributed by atoms with Crippen LogP contribution in [0, 0.1) is 34.5 Å². The summed E-state index contributed by atoms with van der Waals surface area (Å²) in [5.41, 5.74) is 1.10. The smallest absolute Gasteiger partial charge is 0.196 e. The molecule has 126 valence electrons. The Hall–Kier alpha value is -0.600. The zero-order valence-electron chi connectivity index (χ0n) is 14.3. The Kier molecular flexibility index (Phi) is 3.42. The third-order valence-electron chi connectivity index (χ3n) is 8.06. The van der Waals surface area contributed by atoms with Gasteiger partial charge in [-0.15, -0.1) is 0 Å². The van der Waals surface area contributed by atoms with E-state index in [4.69, 9.17) is 11.6 Å². The summed E-state index contributed by atoms with van der Waals surface area (Å²) >= 11 is 6.37. The largest absolute Gasteiger partial charge is 0.393 e. The summed E-state index contributed by atoms with van der Waals surface area (Å²) in [5, 5.41) is 11.5. The van der Waals surface area contributed by atoms with Crippen LogP contribution in [0.2, 0.25) is 0 Å². The molecule has 4 aliphatic rings. The van der Waals surface area contributed by atoms with Crippen molar-refractivity contribution in [3.63, 3.8) is 0 Å². The van der Waals surface area contributed by atoms with Crippen molar-refractivity contribution in [1.82, 2.24) is 0 Å². The lowest BCUT2D eigenvalue weighted by Crippen LogP contribution is -2.55. The molecule has 0 aromatic heterocycles. The number of rotatable bonds is 0. The van der Waals surface area contributed by atoms with Gasteiger partial charge in [0.1, 0.15) is 0 Å². The van der Waals surface area contributed by atoms with Crippen LogP contribution in [0.25, 0.3) is 0 Å². The molecule has 0 bridgehead atoms. The van der Waals surface area contributed by atoms with Gasteiger partial charge in [0.15, 0.2) is 5.78 Å². The average Bonchev–Trinajstić information content (AvgIpc) is 2.78. The number of allylic oxidation sites excluding steroid dienone is 4. The van der Waals surface area contributed by atoms with E-state index in [9.17, 15) is 9.90 Å². The van der Waals surface area contributed by atoms with E-state index in [1.165, 1.54) is 12.8 Å². The maximum absolute atomic E-state index is 12.0. The maximum atomic E-state index is 12.0. The highest BCUT2D eigenvalue weighted by Crippen LogP contribution is 2.66. The van der Waals surface area contributed by atoms with Gasteiger partial charge in [-0.1, -0.05) is 38.4 Å².